The topological polar surface area (TPSA) is 70.3 Å². The lowest BCUT2D eigenvalue weighted by Crippen LogP contribution is -2.00. The van der Waals surface area contributed by atoms with E-state index in [9.17, 15) is 13.6 Å². The molecule has 0 radical (unpaired) electrons. The number of carbonyl (C=O) groups is 1. The Morgan fingerprint density at radius 2 is 1.26 bits per heavy atom. The summed E-state index contributed by atoms with van der Waals surface area (Å²) in [5.41, 5.74) is 3.20. The summed E-state index contributed by atoms with van der Waals surface area (Å²) in [6, 6.07) is 20.5. The van der Waals surface area contributed by atoms with E-state index < -0.39 is 5.97 Å². The van der Waals surface area contributed by atoms with Gasteiger partial charge in [0.15, 0.2) is 0 Å². The number of benzene rings is 3. The monoisotopic (exact) mass is 453 g/mol. The number of allylic oxidation sites excluding steroid dienone is 3. The van der Waals surface area contributed by atoms with Crippen LogP contribution in [0.2, 0.25) is 0 Å². The predicted octanol–water partition coefficient (Wildman–Crippen LogP) is 6.45. The van der Waals surface area contributed by atoms with E-state index in [0.29, 0.717) is 28.2 Å². The van der Waals surface area contributed by atoms with Crippen molar-refractivity contribution in [2.75, 3.05) is 0 Å². The smallest absolute Gasteiger partial charge is 0.346 e. The van der Waals surface area contributed by atoms with Crippen molar-refractivity contribution in [1.82, 2.24) is 0 Å². The number of rotatable bonds is 5. The van der Waals surface area contributed by atoms with Gasteiger partial charge in [0.1, 0.15) is 34.8 Å². The van der Waals surface area contributed by atoms with Crippen molar-refractivity contribution >= 4 is 29.6 Å². The molecule has 0 saturated heterocycles. The van der Waals surface area contributed by atoms with E-state index in [1.54, 1.807) is 54.6 Å². The van der Waals surface area contributed by atoms with Gasteiger partial charge in [0.25, 0.3) is 0 Å². The van der Waals surface area contributed by atoms with Gasteiger partial charge in [-0.1, -0.05) is 24.3 Å². The number of halogens is 2. The molecule has 0 saturated carbocycles. The molecule has 4 rings (SSSR count). The molecule has 0 aliphatic carbocycles. The number of hydrogen-bond donors (Lipinski definition) is 1. The first-order chi connectivity index (χ1) is 16.4. The van der Waals surface area contributed by atoms with E-state index >= 15 is 0 Å². The van der Waals surface area contributed by atoms with E-state index in [0.717, 1.165) is 11.1 Å². The lowest BCUT2D eigenvalue weighted by molar-refractivity contribution is -0.132. The Bertz CT molecular complexity index is 1330. The van der Waals surface area contributed by atoms with Gasteiger partial charge in [0, 0.05) is 11.1 Å². The number of nitriles is 1. The first-order valence-corrected chi connectivity index (χ1v) is 10.2. The zero-order valence-electron chi connectivity index (χ0n) is 17.7. The molecular weight excluding hydrogens is 436 g/mol. The van der Waals surface area contributed by atoms with Crippen LogP contribution >= 0.6 is 0 Å². The van der Waals surface area contributed by atoms with Crippen LogP contribution in [0.4, 0.5) is 8.78 Å². The van der Waals surface area contributed by atoms with Gasteiger partial charge in [0.05, 0.1) is 0 Å². The van der Waals surface area contributed by atoms with Crippen LogP contribution in [-0.4, -0.2) is 11.1 Å². The van der Waals surface area contributed by atoms with Crippen LogP contribution in [0.5, 0.6) is 0 Å². The molecule has 6 heteroatoms. The maximum atomic E-state index is 13.4. The van der Waals surface area contributed by atoms with Crippen molar-refractivity contribution in [2.24, 2.45) is 0 Å². The second kappa shape index (κ2) is 9.80. The molecule has 0 atom stereocenters. The highest BCUT2D eigenvalue weighted by atomic mass is 19.1. The van der Waals surface area contributed by atoms with Gasteiger partial charge in [0.2, 0.25) is 0 Å². The normalized spacial score (nSPS) is 13.3. The molecule has 1 heterocycles. The van der Waals surface area contributed by atoms with Crippen molar-refractivity contribution in [1.29, 1.82) is 5.26 Å². The fourth-order valence-electron chi connectivity index (χ4n) is 3.31. The third-order valence-electron chi connectivity index (χ3n) is 5.00. The van der Waals surface area contributed by atoms with E-state index in [1.165, 1.54) is 30.3 Å². The lowest BCUT2D eigenvalue weighted by atomic mass is 10.0. The van der Waals surface area contributed by atoms with Crippen LogP contribution < -0.4 is 0 Å². The van der Waals surface area contributed by atoms with Crippen LogP contribution in [0.1, 0.15) is 22.3 Å². The molecule has 3 aromatic carbocycles. The van der Waals surface area contributed by atoms with Gasteiger partial charge < -0.3 is 9.84 Å². The standard InChI is InChI=1S/C28H17F2NO3/c29-24-9-5-21(6-10-24)26-15-20(16-27(34-26)22-7-11-25(30)12-8-22)13-18-1-3-19(4-2-18)14-23(17-31)28(32)33/h1-16H,(H,32,33)/b23-14-. The molecule has 0 bridgehead atoms. The largest absolute Gasteiger partial charge is 0.477 e. The predicted molar refractivity (Wildman–Crippen MR) is 125 cm³/mol. The van der Waals surface area contributed by atoms with Crippen LogP contribution in [-0.2, 0) is 9.53 Å². The Morgan fingerprint density at radius 3 is 1.71 bits per heavy atom. The minimum Gasteiger partial charge on any atom is -0.477 e. The molecule has 1 N–H and O–H groups in total. The van der Waals surface area contributed by atoms with Gasteiger partial charge in [-0.2, -0.15) is 5.26 Å². The fourth-order valence-corrected chi connectivity index (χ4v) is 3.31. The molecule has 0 aromatic heterocycles. The number of carboxylic acid groups (broad SMARTS) is 1. The van der Waals surface area contributed by atoms with Crippen molar-refractivity contribution in [3.8, 4) is 6.07 Å². The van der Waals surface area contributed by atoms with E-state index in [2.05, 4.69) is 0 Å². The zero-order valence-corrected chi connectivity index (χ0v) is 17.7. The second-order valence-electron chi connectivity index (χ2n) is 7.42. The number of hydrogen-bond acceptors (Lipinski definition) is 3. The molecule has 0 amide bonds. The summed E-state index contributed by atoms with van der Waals surface area (Å²) in [4.78, 5) is 11.0. The van der Waals surface area contributed by atoms with Gasteiger partial charge in [-0.05, 0) is 89.5 Å². The second-order valence-corrected chi connectivity index (χ2v) is 7.42. The summed E-state index contributed by atoms with van der Waals surface area (Å²) < 4.78 is 32.9. The Labute approximate surface area is 194 Å². The highest BCUT2D eigenvalue weighted by Gasteiger charge is 2.15. The summed E-state index contributed by atoms with van der Waals surface area (Å²) in [6.07, 6.45) is 6.82. The number of carboxylic acids is 1. The Hall–Kier alpha value is -4.76. The molecule has 0 spiro atoms. The molecule has 0 unspecified atom stereocenters. The summed E-state index contributed by atoms with van der Waals surface area (Å²) >= 11 is 0. The zero-order chi connectivity index (χ0) is 24.1. The molecule has 34 heavy (non-hydrogen) atoms. The summed E-state index contributed by atoms with van der Waals surface area (Å²) in [5.74, 6) is -0.989. The highest BCUT2D eigenvalue weighted by molar-refractivity contribution is 5.96. The number of ether oxygens (including phenoxy) is 1. The lowest BCUT2D eigenvalue weighted by Gasteiger charge is -2.19. The summed E-state index contributed by atoms with van der Waals surface area (Å²) in [7, 11) is 0. The van der Waals surface area contributed by atoms with Gasteiger partial charge in [-0.25, -0.2) is 13.6 Å². The number of aliphatic carboxylic acids is 1. The van der Waals surface area contributed by atoms with Gasteiger partial charge >= 0.3 is 5.97 Å². The fraction of sp³-hybridized carbons (Fsp3) is 0. The van der Waals surface area contributed by atoms with Crippen LogP contribution in [0.25, 0.3) is 23.7 Å². The van der Waals surface area contributed by atoms with Crippen LogP contribution in [0.15, 0.2) is 96.1 Å². The number of nitrogens with zero attached hydrogens (tertiary/aromatic N) is 1. The van der Waals surface area contributed by atoms with E-state index in [1.807, 2.05) is 18.2 Å². The molecule has 3 aromatic rings. The Balaban J connectivity index is 1.71. The third-order valence-corrected chi connectivity index (χ3v) is 5.00. The Morgan fingerprint density at radius 1 is 0.794 bits per heavy atom. The van der Waals surface area contributed by atoms with Gasteiger partial charge in [-0.3, -0.25) is 0 Å². The Kier molecular flexibility index (Phi) is 6.47. The minimum atomic E-state index is -1.28. The van der Waals surface area contributed by atoms with Crippen molar-refractivity contribution in [2.45, 2.75) is 0 Å². The first-order valence-electron chi connectivity index (χ1n) is 10.2. The van der Waals surface area contributed by atoms with Crippen molar-refractivity contribution < 1.29 is 23.4 Å². The molecule has 1 aliphatic rings. The minimum absolute atomic E-state index is 0.353. The van der Waals surface area contributed by atoms with Crippen molar-refractivity contribution in [3.05, 3.63) is 130 Å². The highest BCUT2D eigenvalue weighted by Crippen LogP contribution is 2.33. The SMILES string of the molecule is N#C/C(=C/c1ccc(C=C2C=C(c3ccc(F)cc3)OC(c3ccc(F)cc3)=C2)cc1)C(=O)O. The summed E-state index contributed by atoms with van der Waals surface area (Å²) in [5, 5.41) is 17.9. The molecule has 0 fully saturated rings. The van der Waals surface area contributed by atoms with Crippen LogP contribution in [0, 0.1) is 23.0 Å². The maximum Gasteiger partial charge on any atom is 0.346 e. The molecule has 1 aliphatic heterocycles. The van der Waals surface area contributed by atoms with E-state index in [-0.39, 0.29) is 17.2 Å². The quantitative estimate of drug-likeness (QED) is 0.356. The molecule has 4 nitrogen and oxygen atoms in total. The maximum absolute atomic E-state index is 13.4. The van der Waals surface area contributed by atoms with E-state index in [4.69, 9.17) is 15.1 Å². The molecular formula is C28H17F2NO3. The van der Waals surface area contributed by atoms with Crippen molar-refractivity contribution in [3.63, 3.8) is 0 Å². The van der Waals surface area contributed by atoms with Crippen LogP contribution in [0.3, 0.4) is 0 Å². The average Bonchev–Trinajstić information content (AvgIpc) is 2.84. The molecule has 166 valence electrons. The van der Waals surface area contributed by atoms with Gasteiger partial charge in [-0.15, -0.1) is 0 Å². The summed E-state index contributed by atoms with van der Waals surface area (Å²) in [6.45, 7) is 0. The third kappa shape index (κ3) is 5.34. The average molecular weight is 453 g/mol. The first kappa shape index (κ1) is 22.4.